The Morgan fingerprint density at radius 2 is 2.11 bits per heavy atom. The van der Waals surface area contributed by atoms with Crippen LogP contribution in [-0.2, 0) is 10.3 Å². The highest BCUT2D eigenvalue weighted by Crippen LogP contribution is 2.30. The molecule has 0 aromatic heterocycles. The van der Waals surface area contributed by atoms with E-state index in [-0.39, 0.29) is 16.6 Å². The van der Waals surface area contributed by atoms with Crippen molar-refractivity contribution in [2.45, 2.75) is 12.5 Å². The second-order valence-electron chi connectivity index (χ2n) is 4.16. The van der Waals surface area contributed by atoms with E-state index in [0.29, 0.717) is 13.2 Å². The van der Waals surface area contributed by atoms with Crippen molar-refractivity contribution < 1.29 is 18.6 Å². The van der Waals surface area contributed by atoms with Crippen molar-refractivity contribution in [1.82, 2.24) is 5.32 Å². The Morgan fingerprint density at radius 1 is 1.44 bits per heavy atom. The molecule has 0 fully saturated rings. The Labute approximate surface area is 113 Å². The van der Waals surface area contributed by atoms with Gasteiger partial charge >= 0.3 is 0 Å². The maximum absolute atomic E-state index is 13.8. The minimum atomic E-state index is -1.63. The van der Waals surface area contributed by atoms with Crippen LogP contribution in [0.15, 0.2) is 16.6 Å². The zero-order chi connectivity index (χ0) is 13.8. The van der Waals surface area contributed by atoms with Gasteiger partial charge in [0, 0.05) is 20.2 Å². The molecule has 0 bridgehead atoms. The molecule has 3 nitrogen and oxygen atoms in total. The van der Waals surface area contributed by atoms with Crippen molar-refractivity contribution in [3.05, 3.63) is 33.8 Å². The van der Waals surface area contributed by atoms with Crippen molar-refractivity contribution >= 4 is 15.9 Å². The topological polar surface area (TPSA) is 41.5 Å². The fourth-order valence-electron chi connectivity index (χ4n) is 1.62. The van der Waals surface area contributed by atoms with Crippen LogP contribution in [0.2, 0.25) is 0 Å². The lowest BCUT2D eigenvalue weighted by Crippen LogP contribution is -2.38. The quantitative estimate of drug-likeness (QED) is 0.622. The van der Waals surface area contributed by atoms with Crippen LogP contribution in [0, 0.1) is 11.6 Å². The van der Waals surface area contributed by atoms with Gasteiger partial charge in [-0.15, -0.1) is 0 Å². The first-order valence-electron chi connectivity index (χ1n) is 5.46. The zero-order valence-electron chi connectivity index (χ0n) is 10.3. The zero-order valence-corrected chi connectivity index (χ0v) is 11.9. The largest absolute Gasteiger partial charge is 0.384 e. The Kier molecular flexibility index (Phi) is 5.65. The normalized spacial score (nSPS) is 14.6. The molecule has 0 saturated heterocycles. The summed E-state index contributed by atoms with van der Waals surface area (Å²) in [5.41, 5.74) is -1.98. The second kappa shape index (κ2) is 6.56. The van der Waals surface area contributed by atoms with Crippen LogP contribution in [0.5, 0.6) is 0 Å². The van der Waals surface area contributed by atoms with Crippen LogP contribution >= 0.6 is 15.9 Å². The lowest BCUT2D eigenvalue weighted by atomic mass is 9.95. The van der Waals surface area contributed by atoms with Crippen molar-refractivity contribution in [2.24, 2.45) is 0 Å². The van der Waals surface area contributed by atoms with Gasteiger partial charge in [0.25, 0.3) is 0 Å². The molecule has 0 aliphatic heterocycles. The summed E-state index contributed by atoms with van der Waals surface area (Å²) in [5.74, 6) is -1.55. The number of methoxy groups -OCH3 is 1. The number of hydrogen-bond acceptors (Lipinski definition) is 3. The molecule has 0 saturated carbocycles. The molecule has 0 aliphatic rings. The van der Waals surface area contributed by atoms with Crippen molar-refractivity contribution in [1.29, 1.82) is 0 Å². The summed E-state index contributed by atoms with van der Waals surface area (Å²) in [4.78, 5) is 0. The first kappa shape index (κ1) is 15.5. The Hall–Kier alpha value is -0.560. The maximum atomic E-state index is 13.8. The molecule has 6 heteroatoms. The molecule has 2 N–H and O–H groups in total. The number of halogens is 3. The third-order valence-electron chi connectivity index (χ3n) is 2.53. The molecule has 0 radical (unpaired) electrons. The second-order valence-corrected chi connectivity index (χ2v) is 5.02. The third-order valence-corrected chi connectivity index (χ3v) is 3.15. The first-order chi connectivity index (χ1) is 8.40. The van der Waals surface area contributed by atoms with Crippen LogP contribution in [-0.4, -0.2) is 31.9 Å². The molecule has 1 unspecified atom stereocenters. The Bertz CT molecular complexity index is 413. The highest BCUT2D eigenvalue weighted by Gasteiger charge is 2.30. The molecule has 0 heterocycles. The van der Waals surface area contributed by atoms with Gasteiger partial charge < -0.3 is 15.2 Å². The van der Waals surface area contributed by atoms with Crippen molar-refractivity contribution in [3.63, 3.8) is 0 Å². The Morgan fingerprint density at radius 3 is 2.72 bits per heavy atom. The molecule has 1 aromatic rings. The molecule has 0 aliphatic carbocycles. The summed E-state index contributed by atoms with van der Waals surface area (Å²) < 4.78 is 32.4. The highest BCUT2D eigenvalue weighted by molar-refractivity contribution is 9.10. The van der Waals surface area contributed by atoms with E-state index in [1.807, 2.05) is 0 Å². The smallest absolute Gasteiger partial charge is 0.146 e. The summed E-state index contributed by atoms with van der Waals surface area (Å²) in [5, 5.41) is 13.0. The van der Waals surface area contributed by atoms with E-state index < -0.39 is 17.2 Å². The Balaban J connectivity index is 2.87. The number of ether oxygens (including phenoxy) is 1. The molecule has 1 rings (SSSR count). The van der Waals surface area contributed by atoms with Gasteiger partial charge in [-0.3, -0.25) is 0 Å². The van der Waals surface area contributed by atoms with Crippen LogP contribution in [0.25, 0.3) is 0 Å². The minimum absolute atomic E-state index is 0.0284. The molecule has 0 spiro atoms. The summed E-state index contributed by atoms with van der Waals surface area (Å²) in [6.45, 7) is 2.34. The molecular weight excluding hydrogens is 308 g/mol. The van der Waals surface area contributed by atoms with E-state index in [9.17, 15) is 13.9 Å². The number of hydrogen-bond donors (Lipinski definition) is 2. The molecule has 0 amide bonds. The van der Waals surface area contributed by atoms with Crippen molar-refractivity contribution in [3.8, 4) is 0 Å². The van der Waals surface area contributed by atoms with Gasteiger partial charge in [0.1, 0.15) is 17.2 Å². The molecular formula is C12H16BrF2NO2. The van der Waals surface area contributed by atoms with Gasteiger partial charge in [-0.1, -0.05) is 0 Å². The van der Waals surface area contributed by atoms with Crippen LogP contribution in [0.1, 0.15) is 12.5 Å². The number of nitrogens with one attached hydrogen (secondary N) is 1. The average molecular weight is 324 g/mol. The first-order valence-corrected chi connectivity index (χ1v) is 6.25. The number of rotatable bonds is 6. The summed E-state index contributed by atoms with van der Waals surface area (Å²) in [6.07, 6.45) is 0. The van der Waals surface area contributed by atoms with E-state index in [1.54, 1.807) is 7.11 Å². The van der Waals surface area contributed by atoms with Crippen LogP contribution in [0.4, 0.5) is 8.78 Å². The third kappa shape index (κ3) is 3.71. The van der Waals surface area contributed by atoms with Crippen LogP contribution < -0.4 is 5.32 Å². The summed E-state index contributed by atoms with van der Waals surface area (Å²) >= 11 is 2.97. The summed E-state index contributed by atoms with van der Waals surface area (Å²) in [7, 11) is 1.55. The standard InChI is InChI=1S/C12H16BrF2NO2/c1-12(17,7-16-5-6-18-2)10-9(14)4-3-8(13)11(10)15/h3-4,16-17H,5-7H2,1-2H3. The van der Waals surface area contributed by atoms with E-state index in [4.69, 9.17) is 4.74 Å². The minimum Gasteiger partial charge on any atom is -0.384 e. The summed E-state index contributed by atoms with van der Waals surface area (Å²) in [6, 6.07) is 2.38. The molecule has 1 atom stereocenters. The average Bonchev–Trinajstić information content (AvgIpc) is 2.30. The lowest BCUT2D eigenvalue weighted by molar-refractivity contribution is 0.0473. The number of aliphatic hydroxyl groups is 1. The van der Waals surface area contributed by atoms with Gasteiger partial charge in [-0.2, -0.15) is 0 Å². The van der Waals surface area contributed by atoms with Gasteiger partial charge in [-0.25, -0.2) is 8.78 Å². The predicted molar refractivity (Wildman–Crippen MR) is 68.4 cm³/mol. The highest BCUT2D eigenvalue weighted by atomic mass is 79.9. The van der Waals surface area contributed by atoms with Gasteiger partial charge in [0.15, 0.2) is 0 Å². The van der Waals surface area contributed by atoms with Gasteiger partial charge in [0.05, 0.1) is 16.6 Å². The lowest BCUT2D eigenvalue weighted by Gasteiger charge is -2.25. The maximum Gasteiger partial charge on any atom is 0.146 e. The number of benzene rings is 1. The molecule has 1 aromatic carbocycles. The van der Waals surface area contributed by atoms with Crippen molar-refractivity contribution in [2.75, 3.05) is 26.8 Å². The van der Waals surface area contributed by atoms with Gasteiger partial charge in [-0.05, 0) is 35.0 Å². The van der Waals surface area contributed by atoms with E-state index in [1.165, 1.54) is 13.0 Å². The van der Waals surface area contributed by atoms with E-state index >= 15 is 0 Å². The van der Waals surface area contributed by atoms with Crippen LogP contribution in [0.3, 0.4) is 0 Å². The van der Waals surface area contributed by atoms with E-state index in [2.05, 4.69) is 21.2 Å². The fraction of sp³-hybridized carbons (Fsp3) is 0.500. The monoisotopic (exact) mass is 323 g/mol. The van der Waals surface area contributed by atoms with Gasteiger partial charge in [0.2, 0.25) is 0 Å². The SMILES string of the molecule is COCCNCC(C)(O)c1c(F)ccc(Br)c1F. The van der Waals surface area contributed by atoms with E-state index in [0.717, 1.165) is 6.07 Å². The fourth-order valence-corrected chi connectivity index (χ4v) is 1.95. The molecule has 102 valence electrons. The molecule has 18 heavy (non-hydrogen) atoms. The predicted octanol–water partition coefficient (Wildman–Crippen LogP) is 2.17.